The minimum Gasteiger partial charge on any atom is -0.480 e. The lowest BCUT2D eigenvalue weighted by molar-refractivity contribution is -0.145. The Kier molecular flexibility index (Phi) is 4.82. The van der Waals surface area contributed by atoms with Crippen molar-refractivity contribution in [2.24, 2.45) is 0 Å². The Balaban J connectivity index is 1.92. The highest BCUT2D eigenvalue weighted by molar-refractivity contribution is 7.11. The molecule has 0 aliphatic heterocycles. The van der Waals surface area contributed by atoms with Crippen molar-refractivity contribution in [3.8, 4) is 0 Å². The van der Waals surface area contributed by atoms with Crippen molar-refractivity contribution < 1.29 is 14.7 Å². The van der Waals surface area contributed by atoms with E-state index < -0.39 is 17.5 Å². The molecule has 0 radical (unpaired) electrons. The second-order valence-corrected chi connectivity index (χ2v) is 6.79. The Bertz CT molecular complexity index is 516. The van der Waals surface area contributed by atoms with E-state index in [9.17, 15) is 14.7 Å². The van der Waals surface area contributed by atoms with Gasteiger partial charge in [0, 0.05) is 4.88 Å². The average Bonchev–Trinajstić information content (AvgIpc) is 2.76. The Morgan fingerprint density at radius 1 is 1.29 bits per heavy atom. The van der Waals surface area contributed by atoms with Gasteiger partial charge in [0.05, 0.1) is 12.2 Å². The van der Waals surface area contributed by atoms with Crippen LogP contribution in [0, 0.1) is 13.8 Å². The molecule has 3 N–H and O–H groups in total. The van der Waals surface area contributed by atoms with Crippen LogP contribution in [0.1, 0.15) is 47.7 Å². The third-order valence-corrected chi connectivity index (χ3v) is 5.02. The Morgan fingerprint density at radius 2 is 1.95 bits per heavy atom. The summed E-state index contributed by atoms with van der Waals surface area (Å²) < 4.78 is 0. The van der Waals surface area contributed by atoms with Gasteiger partial charge in [-0.05, 0) is 26.7 Å². The monoisotopic (exact) mass is 311 g/mol. The Morgan fingerprint density at radius 3 is 2.48 bits per heavy atom. The number of rotatable bonds is 4. The lowest BCUT2D eigenvalue weighted by Crippen LogP contribution is -2.57. The van der Waals surface area contributed by atoms with E-state index in [1.54, 1.807) is 0 Å². The minimum absolute atomic E-state index is 0.320. The van der Waals surface area contributed by atoms with Crippen LogP contribution in [-0.4, -0.2) is 27.6 Å². The number of carbonyl (C=O) groups is 2. The van der Waals surface area contributed by atoms with Crippen LogP contribution < -0.4 is 10.6 Å². The standard InChI is InChI=1S/C14H21N3O3S/c1-9-10(2)21-11(16-9)8-15-13(20)17-14(12(18)19)6-4-3-5-7-14/h3-8H2,1-2H3,(H,18,19)(H2,15,17,20). The zero-order valence-electron chi connectivity index (χ0n) is 12.4. The molecule has 1 aromatic rings. The number of urea groups is 1. The molecular formula is C14H21N3O3S. The second-order valence-electron chi connectivity index (χ2n) is 5.50. The van der Waals surface area contributed by atoms with Crippen molar-refractivity contribution in [1.82, 2.24) is 15.6 Å². The summed E-state index contributed by atoms with van der Waals surface area (Å²) in [5.41, 5.74) is -0.150. The largest absolute Gasteiger partial charge is 0.480 e. The average molecular weight is 311 g/mol. The molecule has 0 aromatic carbocycles. The molecule has 2 amide bonds. The van der Waals surface area contributed by atoms with E-state index in [1.165, 1.54) is 11.3 Å². The van der Waals surface area contributed by atoms with Crippen molar-refractivity contribution >= 4 is 23.3 Å². The molecule has 1 saturated carbocycles. The Hall–Kier alpha value is -1.63. The van der Waals surface area contributed by atoms with Crippen molar-refractivity contribution in [1.29, 1.82) is 0 Å². The first-order valence-electron chi connectivity index (χ1n) is 7.15. The fraction of sp³-hybridized carbons (Fsp3) is 0.643. The predicted octanol–water partition coefficient (Wildman–Crippen LogP) is 2.35. The number of nitrogens with zero attached hydrogens (tertiary/aromatic N) is 1. The van der Waals surface area contributed by atoms with E-state index in [0.717, 1.165) is 34.8 Å². The summed E-state index contributed by atoms with van der Waals surface area (Å²) in [5, 5.41) is 15.6. The molecule has 6 nitrogen and oxygen atoms in total. The first-order chi connectivity index (χ1) is 9.93. The number of carboxylic acids is 1. The fourth-order valence-electron chi connectivity index (χ4n) is 2.58. The zero-order chi connectivity index (χ0) is 15.5. The normalized spacial score (nSPS) is 17.2. The number of hydrogen-bond acceptors (Lipinski definition) is 4. The number of aliphatic carboxylic acids is 1. The van der Waals surface area contributed by atoms with Crippen LogP contribution in [0.15, 0.2) is 0 Å². The summed E-state index contributed by atoms with van der Waals surface area (Å²) in [7, 11) is 0. The first-order valence-corrected chi connectivity index (χ1v) is 7.97. The van der Waals surface area contributed by atoms with Crippen LogP contribution in [-0.2, 0) is 11.3 Å². The van der Waals surface area contributed by atoms with Gasteiger partial charge in [-0.15, -0.1) is 11.3 Å². The van der Waals surface area contributed by atoms with Crippen molar-refractivity contribution in [2.75, 3.05) is 0 Å². The number of thiazole rings is 1. The van der Waals surface area contributed by atoms with Gasteiger partial charge in [0.25, 0.3) is 0 Å². The van der Waals surface area contributed by atoms with E-state index in [0.29, 0.717) is 19.4 Å². The van der Waals surface area contributed by atoms with Crippen molar-refractivity contribution in [3.63, 3.8) is 0 Å². The van der Waals surface area contributed by atoms with Crippen LogP contribution in [0.5, 0.6) is 0 Å². The maximum Gasteiger partial charge on any atom is 0.329 e. The van der Waals surface area contributed by atoms with E-state index in [1.807, 2.05) is 13.8 Å². The summed E-state index contributed by atoms with van der Waals surface area (Å²) in [6.07, 6.45) is 3.67. The summed E-state index contributed by atoms with van der Waals surface area (Å²) in [6, 6.07) is -0.440. The maximum atomic E-state index is 12.0. The summed E-state index contributed by atoms with van der Waals surface area (Å²) in [4.78, 5) is 28.9. The molecule has 1 aromatic heterocycles. The van der Waals surface area contributed by atoms with E-state index in [4.69, 9.17) is 0 Å². The van der Waals surface area contributed by atoms with Gasteiger partial charge in [0.1, 0.15) is 10.5 Å². The molecule has 21 heavy (non-hydrogen) atoms. The molecule has 0 bridgehead atoms. The Labute approximate surface area is 128 Å². The van der Waals surface area contributed by atoms with Crippen LogP contribution in [0.2, 0.25) is 0 Å². The molecular weight excluding hydrogens is 290 g/mol. The minimum atomic E-state index is -1.11. The number of nitrogens with one attached hydrogen (secondary N) is 2. The number of hydrogen-bond donors (Lipinski definition) is 3. The van der Waals surface area contributed by atoms with Gasteiger partial charge in [-0.3, -0.25) is 0 Å². The maximum absolute atomic E-state index is 12.0. The molecule has 1 fully saturated rings. The highest BCUT2D eigenvalue weighted by Crippen LogP contribution is 2.28. The van der Waals surface area contributed by atoms with E-state index >= 15 is 0 Å². The van der Waals surface area contributed by atoms with Crippen LogP contribution in [0.4, 0.5) is 4.79 Å². The predicted molar refractivity (Wildman–Crippen MR) is 80.4 cm³/mol. The molecule has 0 atom stereocenters. The highest BCUT2D eigenvalue weighted by Gasteiger charge is 2.40. The second kappa shape index (κ2) is 6.43. The number of amides is 2. The molecule has 1 heterocycles. The van der Waals surface area contributed by atoms with E-state index in [2.05, 4.69) is 15.6 Å². The quantitative estimate of drug-likeness (QED) is 0.796. The molecule has 2 rings (SSSR count). The molecule has 0 saturated heterocycles. The number of aromatic nitrogens is 1. The smallest absolute Gasteiger partial charge is 0.329 e. The first kappa shape index (κ1) is 15.8. The fourth-order valence-corrected chi connectivity index (χ4v) is 3.45. The molecule has 0 unspecified atom stereocenters. The molecule has 7 heteroatoms. The zero-order valence-corrected chi connectivity index (χ0v) is 13.2. The molecule has 0 spiro atoms. The summed E-state index contributed by atoms with van der Waals surface area (Å²) in [6.45, 7) is 4.23. The van der Waals surface area contributed by atoms with Gasteiger partial charge in [-0.1, -0.05) is 19.3 Å². The third-order valence-electron chi connectivity index (χ3n) is 3.94. The van der Waals surface area contributed by atoms with Gasteiger partial charge in [0.2, 0.25) is 0 Å². The number of carboxylic acid groups (broad SMARTS) is 1. The van der Waals surface area contributed by atoms with Gasteiger partial charge >= 0.3 is 12.0 Å². The van der Waals surface area contributed by atoms with Crippen LogP contribution in [0.25, 0.3) is 0 Å². The van der Waals surface area contributed by atoms with Crippen molar-refractivity contribution in [3.05, 3.63) is 15.6 Å². The van der Waals surface area contributed by atoms with Gasteiger partial charge in [0.15, 0.2) is 0 Å². The molecule has 1 aliphatic carbocycles. The van der Waals surface area contributed by atoms with Gasteiger partial charge in [-0.25, -0.2) is 14.6 Å². The number of aryl methyl sites for hydroxylation is 2. The van der Waals surface area contributed by atoms with Crippen molar-refractivity contribution in [2.45, 2.75) is 58.0 Å². The topological polar surface area (TPSA) is 91.3 Å². The third kappa shape index (κ3) is 3.72. The lowest BCUT2D eigenvalue weighted by atomic mass is 9.82. The van der Waals surface area contributed by atoms with Gasteiger partial charge < -0.3 is 15.7 Å². The number of carbonyl (C=O) groups excluding carboxylic acids is 1. The SMILES string of the molecule is Cc1nc(CNC(=O)NC2(C(=O)O)CCCCC2)sc1C. The van der Waals surface area contributed by atoms with E-state index in [-0.39, 0.29) is 0 Å². The summed E-state index contributed by atoms with van der Waals surface area (Å²) >= 11 is 1.54. The van der Waals surface area contributed by atoms with Crippen LogP contribution >= 0.6 is 11.3 Å². The molecule has 116 valence electrons. The van der Waals surface area contributed by atoms with Gasteiger partial charge in [-0.2, -0.15) is 0 Å². The molecule has 1 aliphatic rings. The highest BCUT2D eigenvalue weighted by atomic mass is 32.1. The lowest BCUT2D eigenvalue weighted by Gasteiger charge is -2.33. The van der Waals surface area contributed by atoms with Crippen LogP contribution in [0.3, 0.4) is 0 Å². The summed E-state index contributed by atoms with van der Waals surface area (Å²) in [5.74, 6) is -0.946.